The van der Waals surface area contributed by atoms with Gasteiger partial charge in [-0.3, -0.25) is 9.59 Å². The minimum atomic E-state index is -1.00. The maximum atomic E-state index is 11.4. The van der Waals surface area contributed by atoms with E-state index < -0.39 is 11.9 Å². The molecule has 1 aliphatic carbocycles. The largest absolute Gasteiger partial charge is 0.481 e. The maximum absolute atomic E-state index is 11.4. The van der Waals surface area contributed by atoms with Crippen LogP contribution < -0.4 is 0 Å². The summed E-state index contributed by atoms with van der Waals surface area (Å²) in [6, 6.07) is 0. The van der Waals surface area contributed by atoms with E-state index in [9.17, 15) is 9.59 Å². The van der Waals surface area contributed by atoms with Crippen LogP contribution in [0.2, 0.25) is 0 Å². The number of aliphatic carboxylic acids is 1. The van der Waals surface area contributed by atoms with Gasteiger partial charge in [-0.1, -0.05) is 25.0 Å². The van der Waals surface area contributed by atoms with Gasteiger partial charge in [0.1, 0.15) is 11.7 Å². The van der Waals surface area contributed by atoms with E-state index in [0.717, 1.165) is 19.3 Å². The topological polar surface area (TPSA) is 54.4 Å². The van der Waals surface area contributed by atoms with Crippen molar-refractivity contribution in [2.75, 3.05) is 0 Å². The third-order valence-corrected chi connectivity index (χ3v) is 3.88. The summed E-state index contributed by atoms with van der Waals surface area (Å²) in [7, 11) is 0. The number of ketones is 1. The monoisotopic (exact) mass is 238 g/mol. The van der Waals surface area contributed by atoms with Gasteiger partial charge in [0, 0.05) is 0 Å². The van der Waals surface area contributed by atoms with E-state index in [2.05, 4.69) is 20.8 Å². The van der Waals surface area contributed by atoms with E-state index in [0.29, 0.717) is 6.42 Å². The van der Waals surface area contributed by atoms with Crippen LogP contribution in [0.3, 0.4) is 0 Å². The molecule has 0 fully saturated rings. The molecular formula is C14H22O3. The first kappa shape index (κ1) is 13.9. The van der Waals surface area contributed by atoms with Crippen LogP contribution in [0.1, 0.15) is 53.4 Å². The molecule has 0 bridgehead atoms. The Bertz CT molecular complexity index is 350. The first-order chi connectivity index (χ1) is 7.75. The molecule has 0 aromatic carbocycles. The Morgan fingerprint density at radius 1 is 1.41 bits per heavy atom. The van der Waals surface area contributed by atoms with E-state index in [-0.39, 0.29) is 11.2 Å². The predicted molar refractivity (Wildman–Crippen MR) is 66.8 cm³/mol. The SMILES string of the molecule is CC(=O)C(CC1=C(C)CCCC1(C)C)C(=O)O. The highest BCUT2D eigenvalue weighted by Crippen LogP contribution is 2.43. The third-order valence-electron chi connectivity index (χ3n) is 3.88. The molecule has 96 valence electrons. The van der Waals surface area contributed by atoms with Crippen LogP contribution in [0, 0.1) is 11.3 Å². The Kier molecular flexibility index (Phi) is 4.12. The standard InChI is InChI=1S/C14H22O3/c1-9-6-5-7-14(3,4)12(9)8-11(10(2)15)13(16)17/h11H,5-8H2,1-4H3,(H,16,17). The highest BCUT2D eigenvalue weighted by atomic mass is 16.4. The Hall–Kier alpha value is -1.12. The van der Waals surface area contributed by atoms with Crippen molar-refractivity contribution in [3.63, 3.8) is 0 Å². The number of rotatable bonds is 4. The summed E-state index contributed by atoms with van der Waals surface area (Å²) in [4.78, 5) is 22.5. The zero-order chi connectivity index (χ0) is 13.2. The van der Waals surface area contributed by atoms with Crippen LogP contribution in [0.4, 0.5) is 0 Å². The molecule has 1 N–H and O–H groups in total. The van der Waals surface area contributed by atoms with Crippen LogP contribution in [0.5, 0.6) is 0 Å². The number of carbonyl (C=O) groups excluding carboxylic acids is 1. The van der Waals surface area contributed by atoms with Gasteiger partial charge in [-0.15, -0.1) is 0 Å². The molecule has 0 heterocycles. The Labute approximate surface area is 103 Å². The average molecular weight is 238 g/mol. The van der Waals surface area contributed by atoms with Gasteiger partial charge in [0.05, 0.1) is 0 Å². The van der Waals surface area contributed by atoms with Crippen molar-refractivity contribution in [1.82, 2.24) is 0 Å². The van der Waals surface area contributed by atoms with Gasteiger partial charge in [-0.05, 0) is 44.9 Å². The molecule has 1 unspecified atom stereocenters. The van der Waals surface area contributed by atoms with Gasteiger partial charge in [-0.2, -0.15) is 0 Å². The molecule has 3 nitrogen and oxygen atoms in total. The molecule has 17 heavy (non-hydrogen) atoms. The van der Waals surface area contributed by atoms with Crippen LogP contribution in [-0.2, 0) is 9.59 Å². The average Bonchev–Trinajstić information content (AvgIpc) is 2.14. The fourth-order valence-electron chi connectivity index (χ4n) is 2.73. The molecule has 0 spiro atoms. The number of Topliss-reactive ketones (excluding diaryl/α,β-unsaturated/α-hetero) is 1. The van der Waals surface area contributed by atoms with Gasteiger partial charge >= 0.3 is 5.97 Å². The van der Waals surface area contributed by atoms with Crippen LogP contribution >= 0.6 is 0 Å². The van der Waals surface area contributed by atoms with Crippen LogP contribution in [0.15, 0.2) is 11.1 Å². The molecule has 0 saturated heterocycles. The molecule has 1 atom stereocenters. The van der Waals surface area contributed by atoms with Gasteiger partial charge < -0.3 is 5.11 Å². The molecular weight excluding hydrogens is 216 g/mol. The molecule has 1 aliphatic rings. The first-order valence-corrected chi connectivity index (χ1v) is 6.18. The minimum absolute atomic E-state index is 0.0332. The second kappa shape index (κ2) is 5.03. The maximum Gasteiger partial charge on any atom is 0.314 e. The third kappa shape index (κ3) is 3.18. The smallest absolute Gasteiger partial charge is 0.314 e. The predicted octanol–water partition coefficient (Wildman–Crippen LogP) is 3.19. The Morgan fingerprint density at radius 2 is 2.00 bits per heavy atom. The quantitative estimate of drug-likeness (QED) is 0.604. The Balaban J connectivity index is 2.98. The Morgan fingerprint density at radius 3 is 2.41 bits per heavy atom. The lowest BCUT2D eigenvalue weighted by Gasteiger charge is -2.35. The molecule has 0 saturated carbocycles. The number of carbonyl (C=O) groups is 2. The van der Waals surface area contributed by atoms with Gasteiger partial charge in [-0.25, -0.2) is 0 Å². The lowest BCUT2D eigenvalue weighted by molar-refractivity contribution is -0.145. The molecule has 1 rings (SSSR count). The zero-order valence-corrected chi connectivity index (χ0v) is 11.2. The van der Waals surface area contributed by atoms with E-state index in [1.165, 1.54) is 18.1 Å². The molecule has 0 aromatic heterocycles. The summed E-state index contributed by atoms with van der Waals surface area (Å²) in [5.41, 5.74) is 2.48. The fraction of sp³-hybridized carbons (Fsp3) is 0.714. The van der Waals surface area contributed by atoms with Crippen molar-refractivity contribution in [3.05, 3.63) is 11.1 Å². The molecule has 0 amide bonds. The summed E-state index contributed by atoms with van der Waals surface area (Å²) in [5, 5.41) is 9.09. The van der Waals surface area contributed by atoms with E-state index in [1.54, 1.807) is 0 Å². The van der Waals surface area contributed by atoms with Crippen LogP contribution in [0.25, 0.3) is 0 Å². The summed E-state index contributed by atoms with van der Waals surface area (Å²) in [6.45, 7) is 7.72. The van der Waals surface area contributed by atoms with E-state index >= 15 is 0 Å². The molecule has 3 heteroatoms. The van der Waals surface area contributed by atoms with Crippen LogP contribution in [-0.4, -0.2) is 16.9 Å². The number of allylic oxidation sites excluding steroid dienone is 2. The number of hydrogen-bond donors (Lipinski definition) is 1. The fourth-order valence-corrected chi connectivity index (χ4v) is 2.73. The lowest BCUT2D eigenvalue weighted by Crippen LogP contribution is -2.28. The summed E-state index contributed by atoms with van der Waals surface area (Å²) < 4.78 is 0. The number of carboxylic acid groups (broad SMARTS) is 1. The first-order valence-electron chi connectivity index (χ1n) is 6.18. The van der Waals surface area contributed by atoms with Crippen molar-refractivity contribution in [3.8, 4) is 0 Å². The number of carboxylic acids is 1. The van der Waals surface area contributed by atoms with Gasteiger partial charge in [0.2, 0.25) is 0 Å². The summed E-state index contributed by atoms with van der Waals surface area (Å²) in [5.74, 6) is -2.13. The van der Waals surface area contributed by atoms with Crippen molar-refractivity contribution < 1.29 is 14.7 Å². The number of hydrogen-bond acceptors (Lipinski definition) is 2. The van der Waals surface area contributed by atoms with E-state index in [4.69, 9.17) is 5.11 Å². The van der Waals surface area contributed by atoms with Crippen molar-refractivity contribution in [1.29, 1.82) is 0 Å². The normalized spacial score (nSPS) is 21.2. The lowest BCUT2D eigenvalue weighted by atomic mass is 9.69. The molecule has 0 aromatic rings. The molecule has 0 aliphatic heterocycles. The minimum Gasteiger partial charge on any atom is -0.481 e. The molecule has 0 radical (unpaired) electrons. The van der Waals surface area contributed by atoms with Crippen molar-refractivity contribution in [2.24, 2.45) is 11.3 Å². The highest BCUT2D eigenvalue weighted by Gasteiger charge is 2.33. The van der Waals surface area contributed by atoms with E-state index in [1.807, 2.05) is 0 Å². The second-order valence-electron chi connectivity index (χ2n) is 5.70. The van der Waals surface area contributed by atoms with Gasteiger partial charge in [0.25, 0.3) is 0 Å². The zero-order valence-electron chi connectivity index (χ0n) is 11.2. The highest BCUT2D eigenvalue weighted by molar-refractivity contribution is 5.97. The van der Waals surface area contributed by atoms with Gasteiger partial charge in [0.15, 0.2) is 0 Å². The van der Waals surface area contributed by atoms with Crippen molar-refractivity contribution >= 4 is 11.8 Å². The van der Waals surface area contributed by atoms with Crippen molar-refractivity contribution in [2.45, 2.75) is 53.4 Å². The summed E-state index contributed by atoms with van der Waals surface area (Å²) in [6.07, 6.45) is 3.64. The second-order valence-corrected chi connectivity index (χ2v) is 5.70. The summed E-state index contributed by atoms with van der Waals surface area (Å²) >= 11 is 0.